The molecule has 0 aliphatic heterocycles. The Labute approximate surface area is 116 Å². The standard InChI is InChI=1S/C14H17NO3S/c16-7-4-11(12-5-9-19-10-12)3-6-15-14(17)13-2-1-8-18-13/h1-2,5,8-11,16H,3-4,6-7H2,(H,15,17)/t11-/m0/s1. The van der Waals surface area contributed by atoms with Crippen LogP contribution in [-0.4, -0.2) is 24.2 Å². The van der Waals surface area contributed by atoms with Crippen LogP contribution in [-0.2, 0) is 0 Å². The number of amides is 1. The summed E-state index contributed by atoms with van der Waals surface area (Å²) in [6, 6.07) is 5.40. The van der Waals surface area contributed by atoms with Crippen LogP contribution in [0.2, 0.25) is 0 Å². The molecule has 19 heavy (non-hydrogen) atoms. The Morgan fingerprint density at radius 1 is 1.42 bits per heavy atom. The van der Waals surface area contributed by atoms with Gasteiger partial charge in [-0.25, -0.2) is 0 Å². The minimum absolute atomic E-state index is 0.159. The van der Waals surface area contributed by atoms with Crippen LogP contribution in [0.15, 0.2) is 39.6 Å². The third kappa shape index (κ3) is 3.94. The zero-order chi connectivity index (χ0) is 13.5. The second kappa shape index (κ2) is 7.11. The van der Waals surface area contributed by atoms with Crippen LogP contribution < -0.4 is 5.32 Å². The minimum atomic E-state index is -0.196. The lowest BCUT2D eigenvalue weighted by Gasteiger charge is -2.14. The summed E-state index contributed by atoms with van der Waals surface area (Å²) in [5, 5.41) is 16.0. The molecule has 0 saturated carbocycles. The van der Waals surface area contributed by atoms with Crippen LogP contribution in [0.1, 0.15) is 34.9 Å². The maximum atomic E-state index is 11.7. The van der Waals surface area contributed by atoms with E-state index in [1.165, 1.54) is 11.8 Å². The Morgan fingerprint density at radius 2 is 2.32 bits per heavy atom. The molecule has 102 valence electrons. The third-order valence-electron chi connectivity index (χ3n) is 3.02. The van der Waals surface area contributed by atoms with Crippen molar-refractivity contribution in [1.29, 1.82) is 0 Å². The summed E-state index contributed by atoms with van der Waals surface area (Å²) in [4.78, 5) is 11.7. The monoisotopic (exact) mass is 279 g/mol. The van der Waals surface area contributed by atoms with Crippen molar-refractivity contribution in [2.24, 2.45) is 0 Å². The van der Waals surface area contributed by atoms with Crippen molar-refractivity contribution in [2.45, 2.75) is 18.8 Å². The van der Waals surface area contributed by atoms with Crippen molar-refractivity contribution in [1.82, 2.24) is 5.32 Å². The first-order valence-corrected chi connectivity index (χ1v) is 7.20. The number of furan rings is 1. The van der Waals surface area contributed by atoms with E-state index in [1.54, 1.807) is 23.5 Å². The second-order valence-electron chi connectivity index (χ2n) is 4.29. The van der Waals surface area contributed by atoms with Crippen molar-refractivity contribution in [3.63, 3.8) is 0 Å². The highest BCUT2D eigenvalue weighted by molar-refractivity contribution is 7.07. The normalized spacial score (nSPS) is 12.3. The molecule has 2 heterocycles. The van der Waals surface area contributed by atoms with Crippen molar-refractivity contribution in [3.8, 4) is 0 Å². The van der Waals surface area contributed by atoms with Gasteiger partial charge in [-0.2, -0.15) is 11.3 Å². The van der Waals surface area contributed by atoms with Gasteiger partial charge in [-0.15, -0.1) is 0 Å². The van der Waals surface area contributed by atoms with Gasteiger partial charge in [0.2, 0.25) is 0 Å². The number of hydrogen-bond acceptors (Lipinski definition) is 4. The largest absolute Gasteiger partial charge is 0.459 e. The van der Waals surface area contributed by atoms with Gasteiger partial charge in [0.1, 0.15) is 0 Å². The van der Waals surface area contributed by atoms with Crippen LogP contribution in [0.5, 0.6) is 0 Å². The highest BCUT2D eigenvalue weighted by Crippen LogP contribution is 2.24. The minimum Gasteiger partial charge on any atom is -0.459 e. The SMILES string of the molecule is O=C(NCC[C@@H](CCO)c1ccsc1)c1ccco1. The molecule has 0 unspecified atom stereocenters. The summed E-state index contributed by atoms with van der Waals surface area (Å²) in [5.41, 5.74) is 1.23. The van der Waals surface area contributed by atoms with E-state index in [0.717, 1.165) is 6.42 Å². The van der Waals surface area contributed by atoms with E-state index in [-0.39, 0.29) is 18.4 Å². The summed E-state index contributed by atoms with van der Waals surface area (Å²) < 4.78 is 5.02. The van der Waals surface area contributed by atoms with Gasteiger partial charge in [-0.3, -0.25) is 4.79 Å². The molecule has 5 heteroatoms. The molecule has 0 fully saturated rings. The Morgan fingerprint density at radius 3 is 2.95 bits per heavy atom. The number of nitrogens with one attached hydrogen (secondary N) is 1. The third-order valence-corrected chi connectivity index (χ3v) is 3.72. The van der Waals surface area contributed by atoms with Gasteiger partial charge in [0.25, 0.3) is 5.91 Å². The summed E-state index contributed by atoms with van der Waals surface area (Å²) in [5.74, 6) is 0.417. The van der Waals surface area contributed by atoms with Gasteiger partial charge in [0.15, 0.2) is 5.76 Å². The van der Waals surface area contributed by atoms with Gasteiger partial charge >= 0.3 is 0 Å². The van der Waals surface area contributed by atoms with Crippen LogP contribution in [0.4, 0.5) is 0 Å². The summed E-state index contributed by atoms with van der Waals surface area (Å²) in [6.07, 6.45) is 3.01. The van der Waals surface area contributed by atoms with E-state index in [0.29, 0.717) is 18.7 Å². The highest BCUT2D eigenvalue weighted by Gasteiger charge is 2.13. The van der Waals surface area contributed by atoms with E-state index in [4.69, 9.17) is 9.52 Å². The van der Waals surface area contributed by atoms with Gasteiger partial charge in [0, 0.05) is 13.2 Å². The molecule has 0 aromatic carbocycles. The maximum absolute atomic E-state index is 11.7. The van der Waals surface area contributed by atoms with E-state index in [9.17, 15) is 4.79 Å². The Balaban J connectivity index is 1.81. The first-order valence-electron chi connectivity index (χ1n) is 6.26. The predicted octanol–water partition coefficient (Wildman–Crippen LogP) is 2.63. The summed E-state index contributed by atoms with van der Waals surface area (Å²) in [7, 11) is 0. The zero-order valence-corrected chi connectivity index (χ0v) is 11.4. The summed E-state index contributed by atoms with van der Waals surface area (Å²) in [6.45, 7) is 0.729. The first-order chi connectivity index (χ1) is 9.31. The van der Waals surface area contributed by atoms with E-state index < -0.39 is 0 Å². The van der Waals surface area contributed by atoms with E-state index in [2.05, 4.69) is 16.8 Å². The molecule has 1 amide bonds. The van der Waals surface area contributed by atoms with Crippen LogP contribution in [0.25, 0.3) is 0 Å². The molecule has 0 radical (unpaired) electrons. The Bertz CT molecular complexity index is 479. The van der Waals surface area contributed by atoms with Crippen LogP contribution >= 0.6 is 11.3 Å². The topological polar surface area (TPSA) is 62.5 Å². The molecule has 0 bridgehead atoms. The number of aliphatic hydroxyl groups is 1. The molecule has 0 saturated heterocycles. The quantitative estimate of drug-likeness (QED) is 0.819. The molecular weight excluding hydrogens is 262 g/mol. The fourth-order valence-electron chi connectivity index (χ4n) is 2.00. The Hall–Kier alpha value is -1.59. The van der Waals surface area contributed by atoms with Crippen LogP contribution in [0, 0.1) is 0 Å². The molecule has 0 aliphatic carbocycles. The smallest absolute Gasteiger partial charge is 0.286 e. The lowest BCUT2D eigenvalue weighted by molar-refractivity contribution is 0.0924. The average molecular weight is 279 g/mol. The Kier molecular flexibility index (Phi) is 5.18. The molecule has 4 nitrogen and oxygen atoms in total. The van der Waals surface area contributed by atoms with Gasteiger partial charge < -0.3 is 14.8 Å². The molecule has 2 aromatic heterocycles. The van der Waals surface area contributed by atoms with Crippen molar-refractivity contribution in [3.05, 3.63) is 46.5 Å². The lowest BCUT2D eigenvalue weighted by atomic mass is 9.95. The molecule has 1 atom stereocenters. The number of aliphatic hydroxyl groups excluding tert-OH is 1. The number of hydrogen-bond donors (Lipinski definition) is 2. The van der Waals surface area contributed by atoms with Crippen LogP contribution in [0.3, 0.4) is 0 Å². The first kappa shape index (κ1) is 13.8. The average Bonchev–Trinajstić information content (AvgIpc) is 3.10. The fourth-order valence-corrected chi connectivity index (χ4v) is 2.74. The molecule has 0 aliphatic rings. The van der Waals surface area contributed by atoms with E-state index >= 15 is 0 Å². The molecule has 2 rings (SSSR count). The van der Waals surface area contributed by atoms with Crippen molar-refractivity contribution >= 4 is 17.2 Å². The molecule has 0 spiro atoms. The molecule has 2 N–H and O–H groups in total. The summed E-state index contributed by atoms with van der Waals surface area (Å²) >= 11 is 1.65. The molecular formula is C14H17NO3S. The number of carbonyl (C=O) groups excluding carboxylic acids is 1. The van der Waals surface area contributed by atoms with Crippen molar-refractivity contribution < 1.29 is 14.3 Å². The fraction of sp³-hybridized carbons (Fsp3) is 0.357. The predicted molar refractivity (Wildman–Crippen MR) is 74.4 cm³/mol. The van der Waals surface area contributed by atoms with Gasteiger partial charge in [-0.05, 0) is 53.3 Å². The van der Waals surface area contributed by atoms with E-state index in [1.807, 2.05) is 5.38 Å². The number of thiophene rings is 1. The second-order valence-corrected chi connectivity index (χ2v) is 5.07. The maximum Gasteiger partial charge on any atom is 0.286 e. The van der Waals surface area contributed by atoms with Crippen molar-refractivity contribution in [2.75, 3.05) is 13.2 Å². The lowest BCUT2D eigenvalue weighted by Crippen LogP contribution is -2.25. The molecule has 2 aromatic rings. The highest BCUT2D eigenvalue weighted by atomic mass is 32.1. The number of rotatable bonds is 7. The zero-order valence-electron chi connectivity index (χ0n) is 10.5. The number of carbonyl (C=O) groups is 1. The van der Waals surface area contributed by atoms with Gasteiger partial charge in [-0.1, -0.05) is 0 Å². The van der Waals surface area contributed by atoms with Gasteiger partial charge in [0.05, 0.1) is 6.26 Å².